The van der Waals surface area contributed by atoms with E-state index in [0.717, 1.165) is 12.4 Å². The third-order valence-electron chi connectivity index (χ3n) is 11.2. The van der Waals surface area contributed by atoms with Gasteiger partial charge in [0.2, 0.25) is 11.8 Å². The first-order valence-electron chi connectivity index (χ1n) is 21.2. The molecule has 0 aliphatic rings. The number of hydrogen-bond donors (Lipinski definition) is 10. The highest BCUT2D eigenvalue weighted by Gasteiger charge is 2.30. The molecule has 0 radical (unpaired) electrons. The summed E-state index contributed by atoms with van der Waals surface area (Å²) in [6.07, 6.45) is 1.87. The highest BCUT2D eigenvalue weighted by Crippen LogP contribution is 2.54. The Hall–Kier alpha value is -8.14. The van der Waals surface area contributed by atoms with Gasteiger partial charge in [-0.1, -0.05) is 64.1 Å². The lowest BCUT2D eigenvalue weighted by molar-refractivity contribution is -0.121. The van der Waals surface area contributed by atoms with Crippen LogP contribution in [0.15, 0.2) is 83.0 Å². The smallest absolute Gasteiger partial charge is 0.251 e. The van der Waals surface area contributed by atoms with Crippen molar-refractivity contribution >= 4 is 57.6 Å². The minimum Gasteiger partial charge on any atom is -0.507 e. The fourth-order valence-electron chi connectivity index (χ4n) is 8.33. The van der Waals surface area contributed by atoms with Crippen LogP contribution in [-0.2, 0) is 9.59 Å². The predicted octanol–water partition coefficient (Wildman–Crippen LogP) is 7.30. The molecule has 16 heteroatoms. The number of hydrogen-bond acceptors (Lipinski definition) is 12. The third-order valence-corrected chi connectivity index (χ3v) is 11.2. The molecule has 0 saturated carbocycles. The van der Waals surface area contributed by atoms with Gasteiger partial charge in [-0.05, 0) is 95.1 Å². The summed E-state index contributed by atoms with van der Waals surface area (Å²) >= 11 is 0. The third kappa shape index (κ3) is 9.67. The fourth-order valence-corrected chi connectivity index (χ4v) is 8.33. The van der Waals surface area contributed by atoms with Crippen molar-refractivity contribution in [2.75, 3.05) is 13.1 Å². The molecule has 6 rings (SSSR count). The number of fused-ring (bicyclic) bond motifs is 2. The number of amides is 4. The lowest BCUT2D eigenvalue weighted by Crippen LogP contribution is -2.29. The molecule has 0 bridgehead atoms. The molecule has 0 atom stereocenters. The van der Waals surface area contributed by atoms with Gasteiger partial charge in [0, 0.05) is 59.0 Å². The molecule has 66 heavy (non-hydrogen) atoms. The van der Waals surface area contributed by atoms with Gasteiger partial charge < -0.3 is 41.3 Å². The second kappa shape index (κ2) is 20.1. The van der Waals surface area contributed by atoms with Crippen molar-refractivity contribution < 1.29 is 49.8 Å². The maximum Gasteiger partial charge on any atom is 0.251 e. The summed E-state index contributed by atoms with van der Waals surface area (Å²) < 4.78 is 0. The summed E-state index contributed by atoms with van der Waals surface area (Å²) in [7, 11) is 0. The van der Waals surface area contributed by atoms with E-state index >= 15 is 0 Å². The molecule has 0 aromatic heterocycles. The Morgan fingerprint density at radius 1 is 0.545 bits per heavy atom. The Morgan fingerprint density at radius 3 is 1.23 bits per heavy atom. The molecule has 10 N–H and O–H groups in total. The van der Waals surface area contributed by atoms with Crippen molar-refractivity contribution in [3.05, 3.63) is 117 Å². The van der Waals surface area contributed by atoms with Gasteiger partial charge >= 0.3 is 0 Å². The molecule has 0 fully saturated rings. The standard InChI is InChI=1S/C50H52N6O10/c1-25(2)39-27(5)41(47(63)43-31(39)21-35(57)45(61)33(43)23-53-55-37(59)17-19-51-49(65)29-13-9-7-10-14-29)42-28(6)40(26(3)4)32-22-36(58)46(62)34(44(32)48(42)64)24-54-56-38(60)18-20-52-50(66)30-15-11-8-12-16-30/h7-16,21-26,57-58,61-64H,17-20H2,1-6H3,(H,51,65)(H,52,66)(H,55,59)(H,56,60). The van der Waals surface area contributed by atoms with E-state index in [2.05, 4.69) is 31.7 Å². The molecule has 0 spiro atoms. The topological polar surface area (TPSA) is 262 Å². The summed E-state index contributed by atoms with van der Waals surface area (Å²) in [5.74, 6) is -5.61. The summed E-state index contributed by atoms with van der Waals surface area (Å²) in [5, 5.41) is 83.6. The zero-order valence-electron chi connectivity index (χ0n) is 37.3. The SMILES string of the molecule is Cc1c(-c2c(C)c(C(C)C)c3cc(O)c(O)c(C=NNC(=O)CCNC(=O)c4ccccc4)c3c2O)c(O)c2c(C=NNC(=O)CCNC(=O)c3ccccc3)c(O)c(O)cc2c1C(C)C. The molecule has 6 aromatic carbocycles. The second-order valence-electron chi connectivity index (χ2n) is 16.3. The number of carbonyl (C=O) groups is 4. The highest BCUT2D eigenvalue weighted by atomic mass is 16.3. The van der Waals surface area contributed by atoms with Crippen LogP contribution in [-0.4, -0.2) is 79.8 Å². The van der Waals surface area contributed by atoms with E-state index in [9.17, 15) is 49.8 Å². The van der Waals surface area contributed by atoms with Crippen molar-refractivity contribution in [1.82, 2.24) is 21.5 Å². The zero-order valence-corrected chi connectivity index (χ0v) is 37.3. The Balaban J connectivity index is 1.41. The maximum absolute atomic E-state index is 12.8. The molecule has 4 amide bonds. The van der Waals surface area contributed by atoms with Gasteiger partial charge in [0.15, 0.2) is 23.0 Å². The molecule has 6 aromatic rings. The van der Waals surface area contributed by atoms with Crippen LogP contribution < -0.4 is 21.5 Å². The van der Waals surface area contributed by atoms with Crippen molar-refractivity contribution in [1.29, 1.82) is 0 Å². The molecule has 0 aliphatic heterocycles. The minimum atomic E-state index is -0.655. The van der Waals surface area contributed by atoms with E-state index < -0.39 is 46.3 Å². The molecule has 0 aliphatic carbocycles. The minimum absolute atomic E-state index is 0.000412. The van der Waals surface area contributed by atoms with Gasteiger partial charge in [-0.2, -0.15) is 10.2 Å². The van der Waals surface area contributed by atoms with E-state index in [1.807, 2.05) is 27.7 Å². The molecule has 342 valence electrons. The van der Waals surface area contributed by atoms with Crippen LogP contribution in [0.2, 0.25) is 0 Å². The van der Waals surface area contributed by atoms with Gasteiger partial charge in [-0.3, -0.25) is 19.2 Å². The lowest BCUT2D eigenvalue weighted by Gasteiger charge is -2.26. The number of nitrogens with one attached hydrogen (secondary N) is 4. The zero-order chi connectivity index (χ0) is 48.0. The highest BCUT2D eigenvalue weighted by molar-refractivity contribution is 6.15. The first kappa shape index (κ1) is 47.3. The number of hydrazone groups is 2. The van der Waals surface area contributed by atoms with Crippen molar-refractivity contribution in [3.8, 4) is 45.6 Å². The first-order chi connectivity index (χ1) is 31.4. The van der Waals surface area contributed by atoms with Crippen LogP contribution >= 0.6 is 0 Å². The monoisotopic (exact) mass is 896 g/mol. The van der Waals surface area contributed by atoms with Crippen LogP contribution in [0.4, 0.5) is 0 Å². The summed E-state index contributed by atoms with van der Waals surface area (Å²) in [5.41, 5.74) is 7.81. The van der Waals surface area contributed by atoms with Crippen molar-refractivity contribution in [3.63, 3.8) is 0 Å². The van der Waals surface area contributed by atoms with Gasteiger partial charge in [0.1, 0.15) is 11.5 Å². The molecule has 16 nitrogen and oxygen atoms in total. The van der Waals surface area contributed by atoms with Crippen LogP contribution in [0.1, 0.15) is 106 Å². The number of aromatic hydroxyl groups is 6. The number of carbonyl (C=O) groups excluding carboxylic acids is 4. The van der Waals surface area contributed by atoms with Crippen LogP contribution in [0.25, 0.3) is 32.7 Å². The average Bonchev–Trinajstić information content (AvgIpc) is 3.27. The molecule has 0 saturated heterocycles. The van der Waals surface area contributed by atoms with Crippen LogP contribution in [0.3, 0.4) is 0 Å². The summed E-state index contributed by atoms with van der Waals surface area (Å²) in [6, 6.07) is 19.6. The number of phenols is 6. The first-order valence-corrected chi connectivity index (χ1v) is 21.2. The number of nitrogens with zero attached hydrogens (tertiary/aromatic N) is 2. The van der Waals surface area contributed by atoms with E-state index in [1.54, 1.807) is 74.5 Å². The number of rotatable bonds is 15. The average molecular weight is 897 g/mol. The second-order valence-corrected chi connectivity index (χ2v) is 16.3. The Morgan fingerprint density at radius 2 is 0.894 bits per heavy atom. The Bertz CT molecular complexity index is 2730. The van der Waals surface area contributed by atoms with E-state index in [0.29, 0.717) is 44.2 Å². The summed E-state index contributed by atoms with van der Waals surface area (Å²) in [4.78, 5) is 50.4. The number of benzene rings is 6. The van der Waals surface area contributed by atoms with Crippen molar-refractivity contribution in [2.24, 2.45) is 10.2 Å². The lowest BCUT2D eigenvalue weighted by atomic mass is 9.79. The van der Waals surface area contributed by atoms with E-state index in [4.69, 9.17) is 0 Å². The van der Waals surface area contributed by atoms with Crippen molar-refractivity contribution in [2.45, 2.75) is 66.2 Å². The molecular weight excluding hydrogens is 845 g/mol. The summed E-state index contributed by atoms with van der Waals surface area (Å²) in [6.45, 7) is 11.1. The molecular formula is C50H52N6O10. The van der Waals surface area contributed by atoms with Crippen LogP contribution in [0, 0.1) is 13.8 Å². The number of phenolic OH excluding ortho intramolecular Hbond substituents is 6. The predicted molar refractivity (Wildman–Crippen MR) is 253 cm³/mol. The van der Waals surface area contributed by atoms with Crippen LogP contribution in [0.5, 0.6) is 34.5 Å². The van der Waals surface area contributed by atoms with Gasteiger partial charge in [0.05, 0.1) is 23.6 Å². The van der Waals surface area contributed by atoms with Gasteiger partial charge in [0.25, 0.3) is 11.8 Å². The molecule has 0 heterocycles. The van der Waals surface area contributed by atoms with Gasteiger partial charge in [-0.25, -0.2) is 10.9 Å². The largest absolute Gasteiger partial charge is 0.507 e. The Labute approximate surface area is 380 Å². The molecule has 0 unspecified atom stereocenters. The van der Waals surface area contributed by atoms with E-state index in [-0.39, 0.29) is 82.6 Å². The Kier molecular flexibility index (Phi) is 14.4. The maximum atomic E-state index is 12.8. The van der Waals surface area contributed by atoms with Gasteiger partial charge in [-0.15, -0.1) is 0 Å². The fraction of sp³-hybridized carbons (Fsp3) is 0.240. The normalized spacial score (nSPS) is 11.6. The van der Waals surface area contributed by atoms with E-state index in [1.165, 1.54) is 12.1 Å². The quantitative estimate of drug-likeness (QED) is 0.0279.